The van der Waals surface area contributed by atoms with E-state index in [1.165, 1.54) is 12.0 Å². The van der Waals surface area contributed by atoms with E-state index < -0.39 is 0 Å². The normalized spacial score (nSPS) is 12.8. The summed E-state index contributed by atoms with van der Waals surface area (Å²) >= 11 is 0. The van der Waals surface area contributed by atoms with Gasteiger partial charge in [-0.3, -0.25) is 5.01 Å². The number of unbranched alkanes of at least 4 members (excludes halogenated alkanes) is 1. The molecule has 0 N–H and O–H groups in total. The minimum atomic E-state index is 0.881. The predicted molar refractivity (Wildman–Crippen MR) is 82.8 cm³/mol. The van der Waals surface area contributed by atoms with E-state index in [0.29, 0.717) is 0 Å². The van der Waals surface area contributed by atoms with Crippen molar-refractivity contribution >= 4 is 0 Å². The predicted octanol–water partition coefficient (Wildman–Crippen LogP) is 4.24. The van der Waals surface area contributed by atoms with Gasteiger partial charge in [0.15, 0.2) is 0 Å². The maximum atomic E-state index is 5.14. The molecule has 0 aromatic heterocycles. The molecule has 1 aromatic rings. The Morgan fingerprint density at radius 2 is 1.90 bits per heavy atom. The standard InChI is InChI=1S/C14H19N3O.C2H6/c1-18-14-8-6-13(7-9-14)5-2-3-11-17-12-4-10-15-16-17;1-2/h4,6-10H,2-3,5,11-12H2,1H3;1-2H3. The summed E-state index contributed by atoms with van der Waals surface area (Å²) < 4.78 is 5.14. The molecule has 0 fully saturated rings. The molecule has 4 nitrogen and oxygen atoms in total. The molecule has 0 aliphatic carbocycles. The van der Waals surface area contributed by atoms with Gasteiger partial charge in [0.25, 0.3) is 0 Å². The Hall–Kier alpha value is -1.84. The minimum Gasteiger partial charge on any atom is -0.497 e. The van der Waals surface area contributed by atoms with Crippen LogP contribution in [0.2, 0.25) is 0 Å². The van der Waals surface area contributed by atoms with Crippen LogP contribution in [0.4, 0.5) is 0 Å². The van der Waals surface area contributed by atoms with Gasteiger partial charge in [-0.1, -0.05) is 31.2 Å². The number of hydrogen-bond donors (Lipinski definition) is 0. The van der Waals surface area contributed by atoms with E-state index in [2.05, 4.69) is 22.5 Å². The van der Waals surface area contributed by atoms with Crippen LogP contribution in [-0.4, -0.2) is 25.2 Å². The Morgan fingerprint density at radius 3 is 2.50 bits per heavy atom. The number of aryl methyl sites for hydroxylation is 1. The van der Waals surface area contributed by atoms with Crippen LogP contribution in [0.1, 0.15) is 32.3 Å². The highest BCUT2D eigenvalue weighted by atomic mass is 16.5. The van der Waals surface area contributed by atoms with Crippen LogP contribution in [-0.2, 0) is 6.42 Å². The molecule has 0 radical (unpaired) electrons. The molecule has 0 saturated carbocycles. The van der Waals surface area contributed by atoms with E-state index in [-0.39, 0.29) is 0 Å². The van der Waals surface area contributed by atoms with Gasteiger partial charge in [0.1, 0.15) is 5.75 Å². The third kappa shape index (κ3) is 5.87. The first-order valence-electron chi connectivity index (χ1n) is 7.32. The highest BCUT2D eigenvalue weighted by Crippen LogP contribution is 2.13. The van der Waals surface area contributed by atoms with Crippen molar-refractivity contribution in [1.29, 1.82) is 0 Å². The van der Waals surface area contributed by atoms with E-state index in [1.807, 2.05) is 37.1 Å². The lowest BCUT2D eigenvalue weighted by molar-refractivity contribution is 0.285. The fourth-order valence-electron chi connectivity index (χ4n) is 1.91. The van der Waals surface area contributed by atoms with Gasteiger partial charge in [-0.15, -0.1) is 5.11 Å². The molecule has 1 heterocycles. The molecule has 1 aliphatic heterocycles. The summed E-state index contributed by atoms with van der Waals surface area (Å²) in [6.45, 7) is 5.86. The summed E-state index contributed by atoms with van der Waals surface area (Å²) in [4.78, 5) is 0. The van der Waals surface area contributed by atoms with Gasteiger partial charge in [0.2, 0.25) is 0 Å². The Bertz CT molecular complexity index is 412. The molecule has 4 heteroatoms. The smallest absolute Gasteiger partial charge is 0.118 e. The third-order valence-corrected chi connectivity index (χ3v) is 2.96. The summed E-state index contributed by atoms with van der Waals surface area (Å²) in [6, 6.07) is 8.28. The SMILES string of the molecule is CC.COc1ccc(CCCCN2CC=CN=N2)cc1. The largest absolute Gasteiger partial charge is 0.497 e. The zero-order valence-electron chi connectivity index (χ0n) is 12.7. The lowest BCUT2D eigenvalue weighted by Crippen LogP contribution is -2.19. The zero-order valence-corrected chi connectivity index (χ0v) is 12.7. The molecule has 0 unspecified atom stereocenters. The van der Waals surface area contributed by atoms with Crippen LogP contribution in [0.5, 0.6) is 5.75 Å². The van der Waals surface area contributed by atoms with Gasteiger partial charge < -0.3 is 4.74 Å². The van der Waals surface area contributed by atoms with Crippen molar-refractivity contribution in [3.05, 3.63) is 42.1 Å². The van der Waals surface area contributed by atoms with E-state index in [9.17, 15) is 0 Å². The van der Waals surface area contributed by atoms with Crippen LogP contribution in [0.25, 0.3) is 0 Å². The summed E-state index contributed by atoms with van der Waals surface area (Å²) in [5.74, 6) is 0.916. The molecule has 0 spiro atoms. The second kappa shape index (κ2) is 10.0. The number of benzene rings is 1. The van der Waals surface area contributed by atoms with E-state index in [4.69, 9.17) is 4.74 Å². The molecule has 0 bridgehead atoms. The first-order valence-corrected chi connectivity index (χ1v) is 7.32. The molecule has 0 amide bonds. The first kappa shape index (κ1) is 16.2. The molecule has 2 rings (SSSR count). The van der Waals surface area contributed by atoms with Crippen molar-refractivity contribution in [2.45, 2.75) is 33.1 Å². The molecule has 110 valence electrons. The number of methoxy groups -OCH3 is 1. The van der Waals surface area contributed by atoms with Gasteiger partial charge in [-0.25, -0.2) is 0 Å². The highest BCUT2D eigenvalue weighted by Gasteiger charge is 2.01. The van der Waals surface area contributed by atoms with Crippen molar-refractivity contribution in [3.63, 3.8) is 0 Å². The fourth-order valence-corrected chi connectivity index (χ4v) is 1.91. The van der Waals surface area contributed by atoms with Crippen molar-refractivity contribution in [1.82, 2.24) is 5.01 Å². The van der Waals surface area contributed by atoms with Gasteiger partial charge in [-0.05, 0) is 43.0 Å². The van der Waals surface area contributed by atoms with Crippen molar-refractivity contribution < 1.29 is 4.74 Å². The summed E-state index contributed by atoms with van der Waals surface area (Å²) in [7, 11) is 1.69. The Kier molecular flexibility index (Phi) is 8.11. The molecular weight excluding hydrogens is 250 g/mol. The average molecular weight is 275 g/mol. The zero-order chi connectivity index (χ0) is 14.6. The van der Waals surface area contributed by atoms with Gasteiger partial charge in [0, 0.05) is 12.7 Å². The average Bonchev–Trinajstić information content (AvgIpc) is 2.55. The topological polar surface area (TPSA) is 37.2 Å². The molecular formula is C16H25N3O. The van der Waals surface area contributed by atoms with E-state index in [1.54, 1.807) is 13.3 Å². The van der Waals surface area contributed by atoms with Crippen LogP contribution in [0.3, 0.4) is 0 Å². The fraction of sp³-hybridized carbons (Fsp3) is 0.500. The minimum absolute atomic E-state index is 0.881. The van der Waals surface area contributed by atoms with Gasteiger partial charge >= 0.3 is 0 Å². The number of ether oxygens (including phenoxy) is 1. The summed E-state index contributed by atoms with van der Waals surface area (Å²) in [6.07, 6.45) is 7.18. The van der Waals surface area contributed by atoms with Crippen LogP contribution >= 0.6 is 0 Å². The monoisotopic (exact) mass is 275 g/mol. The van der Waals surface area contributed by atoms with Crippen LogP contribution < -0.4 is 4.74 Å². The summed E-state index contributed by atoms with van der Waals surface area (Å²) in [5, 5.41) is 9.92. The van der Waals surface area contributed by atoms with Crippen molar-refractivity contribution in [2.75, 3.05) is 20.2 Å². The van der Waals surface area contributed by atoms with Crippen molar-refractivity contribution in [2.24, 2.45) is 10.3 Å². The molecule has 0 saturated heterocycles. The Balaban J connectivity index is 0.000000956. The maximum Gasteiger partial charge on any atom is 0.118 e. The van der Waals surface area contributed by atoms with E-state index in [0.717, 1.165) is 31.7 Å². The second-order valence-electron chi connectivity index (χ2n) is 4.31. The van der Waals surface area contributed by atoms with Crippen LogP contribution in [0, 0.1) is 0 Å². The Morgan fingerprint density at radius 1 is 1.15 bits per heavy atom. The molecule has 1 aliphatic rings. The first-order chi connectivity index (χ1) is 9.88. The lowest BCUT2D eigenvalue weighted by Gasteiger charge is -2.16. The number of hydrogen-bond acceptors (Lipinski definition) is 4. The third-order valence-electron chi connectivity index (χ3n) is 2.96. The lowest BCUT2D eigenvalue weighted by atomic mass is 10.1. The van der Waals surface area contributed by atoms with Gasteiger partial charge in [-0.2, -0.15) is 0 Å². The molecule has 20 heavy (non-hydrogen) atoms. The number of nitrogens with zero attached hydrogens (tertiary/aromatic N) is 3. The second-order valence-corrected chi connectivity index (χ2v) is 4.31. The summed E-state index contributed by atoms with van der Waals surface area (Å²) in [5.41, 5.74) is 1.36. The van der Waals surface area contributed by atoms with Gasteiger partial charge in [0.05, 0.1) is 13.7 Å². The van der Waals surface area contributed by atoms with E-state index >= 15 is 0 Å². The highest BCUT2D eigenvalue weighted by molar-refractivity contribution is 5.27. The maximum absolute atomic E-state index is 5.14. The number of rotatable bonds is 6. The van der Waals surface area contributed by atoms with Crippen molar-refractivity contribution in [3.8, 4) is 5.75 Å². The molecule has 0 atom stereocenters. The molecule has 1 aromatic carbocycles. The quantitative estimate of drug-likeness (QED) is 0.728. The van der Waals surface area contributed by atoms with Crippen LogP contribution in [0.15, 0.2) is 46.9 Å². The Labute approximate surface area is 122 Å².